The molecule has 0 atom stereocenters. The Morgan fingerprint density at radius 1 is 1.31 bits per heavy atom. The van der Waals surface area contributed by atoms with E-state index in [1.165, 1.54) is 11.8 Å². The molecule has 6 nitrogen and oxygen atoms in total. The second-order valence-corrected chi connectivity index (χ2v) is 7.41. The molecule has 0 fully saturated rings. The monoisotopic (exact) mass is 432 g/mol. The zero-order chi connectivity index (χ0) is 18.5. The van der Waals surface area contributed by atoms with Crippen LogP contribution in [0.5, 0.6) is 0 Å². The van der Waals surface area contributed by atoms with E-state index < -0.39 is 0 Å². The fraction of sp³-hybridized carbons (Fsp3) is 0.222. The number of benzene rings is 1. The molecule has 0 saturated carbocycles. The maximum Gasteiger partial charge on any atom is 0.259 e. The molecule has 0 unspecified atom stereocenters. The maximum atomic E-state index is 12.1. The first-order chi connectivity index (χ1) is 12.5. The molecule has 26 heavy (non-hydrogen) atoms. The molecule has 3 aromatic rings. The number of aromatic nitrogens is 3. The van der Waals surface area contributed by atoms with Crippen LogP contribution >= 0.6 is 27.7 Å². The molecule has 2 aromatic heterocycles. The first-order valence-electron chi connectivity index (χ1n) is 8.03. The van der Waals surface area contributed by atoms with Crippen molar-refractivity contribution in [2.24, 2.45) is 0 Å². The van der Waals surface area contributed by atoms with Gasteiger partial charge >= 0.3 is 0 Å². The van der Waals surface area contributed by atoms with Crippen molar-refractivity contribution < 1.29 is 9.32 Å². The van der Waals surface area contributed by atoms with Crippen LogP contribution in [-0.2, 0) is 11.2 Å². The lowest BCUT2D eigenvalue weighted by Crippen LogP contribution is -2.14. The quantitative estimate of drug-likeness (QED) is 0.577. The highest BCUT2D eigenvalue weighted by Gasteiger charge is 2.09. The second kappa shape index (κ2) is 8.46. The SMILES string of the molecule is CCc1noc(-c2ccc(SCC(=O)Nc3ccc(Br)c(C)c3)nc2)n1. The van der Waals surface area contributed by atoms with Crippen molar-refractivity contribution in [1.29, 1.82) is 0 Å². The van der Waals surface area contributed by atoms with Gasteiger partial charge in [0.2, 0.25) is 5.91 Å². The van der Waals surface area contributed by atoms with E-state index >= 15 is 0 Å². The third kappa shape index (κ3) is 4.70. The number of carbonyl (C=O) groups is 1. The second-order valence-electron chi connectivity index (χ2n) is 5.56. The fourth-order valence-corrected chi connectivity index (χ4v) is 3.06. The summed E-state index contributed by atoms with van der Waals surface area (Å²) >= 11 is 4.81. The molecule has 134 valence electrons. The summed E-state index contributed by atoms with van der Waals surface area (Å²) < 4.78 is 6.20. The molecule has 1 amide bonds. The maximum absolute atomic E-state index is 12.1. The van der Waals surface area contributed by atoms with Crippen LogP contribution in [-0.4, -0.2) is 26.8 Å². The van der Waals surface area contributed by atoms with Gasteiger partial charge in [0.1, 0.15) is 0 Å². The Labute approximate surface area is 163 Å². The molecule has 3 rings (SSSR count). The van der Waals surface area contributed by atoms with Gasteiger partial charge in [-0.25, -0.2) is 4.98 Å². The predicted octanol–water partition coefficient (Wildman–Crippen LogP) is 4.50. The van der Waals surface area contributed by atoms with E-state index in [0.717, 1.165) is 32.7 Å². The van der Waals surface area contributed by atoms with E-state index in [4.69, 9.17) is 4.52 Å². The zero-order valence-corrected chi connectivity index (χ0v) is 16.7. The molecule has 0 saturated heterocycles. The molecule has 0 bridgehead atoms. The summed E-state index contributed by atoms with van der Waals surface area (Å²) in [4.78, 5) is 20.7. The number of hydrogen-bond acceptors (Lipinski definition) is 6. The van der Waals surface area contributed by atoms with Crippen molar-refractivity contribution in [3.05, 3.63) is 52.4 Å². The Kier molecular flexibility index (Phi) is 6.05. The number of thioether (sulfide) groups is 1. The largest absolute Gasteiger partial charge is 0.334 e. The van der Waals surface area contributed by atoms with Gasteiger partial charge in [0.15, 0.2) is 5.82 Å². The van der Waals surface area contributed by atoms with Crippen molar-refractivity contribution in [1.82, 2.24) is 15.1 Å². The molecule has 0 aliphatic carbocycles. The minimum Gasteiger partial charge on any atom is -0.334 e. The van der Waals surface area contributed by atoms with Gasteiger partial charge in [-0.3, -0.25) is 4.79 Å². The van der Waals surface area contributed by atoms with Crippen molar-refractivity contribution >= 4 is 39.3 Å². The molecule has 2 heterocycles. The number of carbonyl (C=O) groups excluding carboxylic acids is 1. The summed E-state index contributed by atoms with van der Waals surface area (Å²) in [6, 6.07) is 9.40. The molecule has 1 N–H and O–H groups in total. The first-order valence-corrected chi connectivity index (χ1v) is 9.81. The molecular weight excluding hydrogens is 416 g/mol. The standard InChI is InChI=1S/C18H17BrN4O2S/c1-3-15-22-18(25-23-15)12-4-7-17(20-9-12)26-10-16(24)21-13-5-6-14(19)11(2)8-13/h4-9H,3,10H2,1-2H3,(H,21,24). The average Bonchev–Trinajstić information content (AvgIpc) is 3.13. The van der Waals surface area contributed by atoms with Gasteiger partial charge in [0.05, 0.1) is 16.3 Å². The molecule has 1 aromatic carbocycles. The number of pyridine rings is 1. The summed E-state index contributed by atoms with van der Waals surface area (Å²) in [5, 5.41) is 7.51. The molecule has 0 aliphatic heterocycles. The number of amides is 1. The van der Waals surface area contributed by atoms with Gasteiger partial charge in [-0.05, 0) is 42.8 Å². The van der Waals surface area contributed by atoms with Crippen molar-refractivity contribution in [2.75, 3.05) is 11.1 Å². The number of rotatable bonds is 6. The average molecular weight is 433 g/mol. The summed E-state index contributed by atoms with van der Waals surface area (Å²) in [7, 11) is 0. The molecular formula is C18H17BrN4O2S. The lowest BCUT2D eigenvalue weighted by Gasteiger charge is -2.07. The Morgan fingerprint density at radius 2 is 2.15 bits per heavy atom. The summed E-state index contributed by atoms with van der Waals surface area (Å²) in [5.74, 6) is 1.32. The Bertz CT molecular complexity index is 912. The fourth-order valence-electron chi connectivity index (χ4n) is 2.17. The highest BCUT2D eigenvalue weighted by Crippen LogP contribution is 2.22. The van der Waals surface area contributed by atoms with Crippen molar-refractivity contribution in [3.63, 3.8) is 0 Å². The Morgan fingerprint density at radius 3 is 2.81 bits per heavy atom. The molecule has 0 spiro atoms. The normalized spacial score (nSPS) is 10.7. The van der Waals surface area contributed by atoms with Crippen LogP contribution in [0.2, 0.25) is 0 Å². The van der Waals surface area contributed by atoms with E-state index in [0.29, 0.717) is 11.7 Å². The number of hydrogen-bond donors (Lipinski definition) is 1. The van der Waals surface area contributed by atoms with Crippen LogP contribution in [0.4, 0.5) is 5.69 Å². The zero-order valence-electron chi connectivity index (χ0n) is 14.3. The first kappa shape index (κ1) is 18.6. The predicted molar refractivity (Wildman–Crippen MR) is 105 cm³/mol. The summed E-state index contributed by atoms with van der Waals surface area (Å²) in [6.07, 6.45) is 2.39. The molecule has 0 radical (unpaired) electrons. The minimum absolute atomic E-state index is 0.0768. The van der Waals surface area contributed by atoms with Crippen LogP contribution in [0.15, 0.2) is 50.6 Å². The van der Waals surface area contributed by atoms with Crippen LogP contribution in [0, 0.1) is 6.92 Å². The lowest BCUT2D eigenvalue weighted by molar-refractivity contribution is -0.113. The van der Waals surface area contributed by atoms with Gasteiger partial charge in [0, 0.05) is 22.8 Å². The lowest BCUT2D eigenvalue weighted by atomic mass is 10.2. The van der Waals surface area contributed by atoms with Crippen LogP contribution in [0.25, 0.3) is 11.5 Å². The van der Waals surface area contributed by atoms with Gasteiger partial charge in [-0.2, -0.15) is 4.98 Å². The highest BCUT2D eigenvalue weighted by molar-refractivity contribution is 9.10. The molecule has 0 aliphatic rings. The number of nitrogens with zero attached hydrogens (tertiary/aromatic N) is 3. The van der Waals surface area contributed by atoms with Crippen molar-refractivity contribution in [2.45, 2.75) is 25.3 Å². The summed E-state index contributed by atoms with van der Waals surface area (Å²) in [6.45, 7) is 3.94. The Balaban J connectivity index is 1.55. The van der Waals surface area contributed by atoms with E-state index in [9.17, 15) is 4.79 Å². The topological polar surface area (TPSA) is 80.9 Å². The van der Waals surface area contributed by atoms with Gasteiger partial charge in [0.25, 0.3) is 5.89 Å². The Hall–Kier alpha value is -2.19. The van der Waals surface area contributed by atoms with E-state index in [-0.39, 0.29) is 11.7 Å². The van der Waals surface area contributed by atoms with Crippen LogP contribution < -0.4 is 5.32 Å². The van der Waals surface area contributed by atoms with E-state index in [2.05, 4.69) is 36.4 Å². The van der Waals surface area contributed by atoms with E-state index in [1.54, 1.807) is 6.20 Å². The number of halogens is 1. The van der Waals surface area contributed by atoms with Crippen LogP contribution in [0.3, 0.4) is 0 Å². The third-order valence-electron chi connectivity index (χ3n) is 3.56. The third-order valence-corrected chi connectivity index (χ3v) is 5.39. The molecule has 8 heteroatoms. The van der Waals surface area contributed by atoms with Gasteiger partial charge < -0.3 is 9.84 Å². The number of aryl methyl sites for hydroxylation is 2. The summed E-state index contributed by atoms with van der Waals surface area (Å²) in [5.41, 5.74) is 2.61. The highest BCUT2D eigenvalue weighted by atomic mass is 79.9. The number of anilines is 1. The van der Waals surface area contributed by atoms with Gasteiger partial charge in [-0.15, -0.1) is 0 Å². The smallest absolute Gasteiger partial charge is 0.259 e. The minimum atomic E-state index is -0.0768. The van der Waals surface area contributed by atoms with E-state index in [1.807, 2.05) is 44.2 Å². The van der Waals surface area contributed by atoms with Gasteiger partial charge in [-0.1, -0.05) is 39.8 Å². The van der Waals surface area contributed by atoms with Crippen LogP contribution in [0.1, 0.15) is 18.3 Å². The van der Waals surface area contributed by atoms with Crippen molar-refractivity contribution in [3.8, 4) is 11.5 Å². The number of nitrogens with one attached hydrogen (secondary N) is 1.